The van der Waals surface area contributed by atoms with E-state index in [1.807, 2.05) is 0 Å². The fourth-order valence-corrected chi connectivity index (χ4v) is 2.05. The highest BCUT2D eigenvalue weighted by Crippen LogP contribution is 2.39. The lowest BCUT2D eigenvalue weighted by molar-refractivity contribution is 0.636. The summed E-state index contributed by atoms with van der Waals surface area (Å²) in [6.45, 7) is 0. The summed E-state index contributed by atoms with van der Waals surface area (Å²) in [5.41, 5.74) is 0.895. The highest BCUT2D eigenvalue weighted by atomic mass is 35.5. The molecule has 0 saturated heterocycles. The zero-order valence-corrected chi connectivity index (χ0v) is 9.14. The lowest BCUT2D eigenvalue weighted by Gasteiger charge is -2.04. The monoisotopic (exact) mass is 237 g/mol. The number of aromatic amines is 1. The van der Waals surface area contributed by atoms with Crippen molar-refractivity contribution in [2.75, 3.05) is 0 Å². The van der Waals surface area contributed by atoms with Crippen molar-refractivity contribution in [2.24, 2.45) is 0 Å². The van der Waals surface area contributed by atoms with E-state index in [0.717, 1.165) is 18.5 Å². The molecule has 0 spiro atoms. The number of nitrogens with one attached hydrogen (secondary N) is 1. The molecule has 0 amide bonds. The van der Waals surface area contributed by atoms with Crippen LogP contribution in [0.4, 0.5) is 4.39 Å². The second kappa shape index (κ2) is 3.32. The number of rotatable bonds is 1. The number of H-pyrrole nitrogens is 1. The number of benzene rings is 1. The van der Waals surface area contributed by atoms with Crippen LogP contribution in [0.15, 0.2) is 23.0 Å². The molecular weight excluding hydrogens is 229 g/mol. The van der Waals surface area contributed by atoms with Gasteiger partial charge in [0, 0.05) is 17.1 Å². The Morgan fingerprint density at radius 3 is 2.81 bits per heavy atom. The third kappa shape index (κ3) is 1.43. The Morgan fingerprint density at radius 1 is 1.38 bits per heavy atom. The van der Waals surface area contributed by atoms with E-state index in [1.54, 1.807) is 12.1 Å². The lowest BCUT2D eigenvalue weighted by atomic mass is 10.1. The molecule has 0 atom stereocenters. The zero-order chi connectivity index (χ0) is 11.3. The molecule has 0 bridgehead atoms. The normalized spacial score (nSPS) is 15.6. The second-order valence-corrected chi connectivity index (χ2v) is 4.55. The van der Waals surface area contributed by atoms with Crippen LogP contribution in [0.2, 0.25) is 5.02 Å². The van der Waals surface area contributed by atoms with E-state index in [-0.39, 0.29) is 16.0 Å². The number of pyridine rings is 1. The van der Waals surface area contributed by atoms with E-state index in [1.165, 1.54) is 6.07 Å². The molecule has 0 aliphatic heterocycles. The van der Waals surface area contributed by atoms with Crippen LogP contribution in [0.1, 0.15) is 24.5 Å². The first-order valence-electron chi connectivity index (χ1n) is 5.18. The van der Waals surface area contributed by atoms with Crippen LogP contribution in [0, 0.1) is 5.82 Å². The maximum absolute atomic E-state index is 13.7. The number of halogens is 2. The van der Waals surface area contributed by atoms with E-state index in [2.05, 4.69) is 4.98 Å². The smallest absolute Gasteiger partial charge is 0.189 e. The Bertz CT molecular complexity index is 631. The van der Waals surface area contributed by atoms with E-state index >= 15 is 0 Å². The Kier molecular flexibility index (Phi) is 2.04. The Labute approximate surface area is 96.1 Å². The van der Waals surface area contributed by atoms with Crippen molar-refractivity contribution in [2.45, 2.75) is 18.8 Å². The van der Waals surface area contributed by atoms with Crippen molar-refractivity contribution in [3.8, 4) is 0 Å². The molecule has 2 nitrogen and oxygen atoms in total. The zero-order valence-electron chi connectivity index (χ0n) is 8.39. The van der Waals surface area contributed by atoms with Gasteiger partial charge in [-0.25, -0.2) is 4.39 Å². The highest BCUT2D eigenvalue weighted by Gasteiger charge is 2.25. The molecule has 82 valence electrons. The van der Waals surface area contributed by atoms with E-state index in [4.69, 9.17) is 11.6 Å². The summed E-state index contributed by atoms with van der Waals surface area (Å²) in [5, 5.41) is 0.391. The summed E-state index contributed by atoms with van der Waals surface area (Å²) in [7, 11) is 0. The van der Waals surface area contributed by atoms with Gasteiger partial charge in [-0.3, -0.25) is 4.79 Å². The minimum Gasteiger partial charge on any atom is -0.356 e. The van der Waals surface area contributed by atoms with Crippen LogP contribution in [-0.4, -0.2) is 4.98 Å². The predicted molar refractivity (Wildman–Crippen MR) is 61.5 cm³/mol. The van der Waals surface area contributed by atoms with Crippen LogP contribution in [0.25, 0.3) is 10.9 Å². The molecule has 1 N–H and O–H groups in total. The molecule has 4 heteroatoms. The van der Waals surface area contributed by atoms with Gasteiger partial charge in [0.05, 0.1) is 10.5 Å². The molecule has 1 aliphatic carbocycles. The Balaban J connectivity index is 2.38. The molecule has 1 aliphatic rings. The predicted octanol–water partition coefficient (Wildman–Crippen LogP) is 3.20. The van der Waals surface area contributed by atoms with Crippen LogP contribution < -0.4 is 5.43 Å². The Morgan fingerprint density at radius 2 is 2.12 bits per heavy atom. The molecule has 16 heavy (non-hydrogen) atoms. The number of hydrogen-bond acceptors (Lipinski definition) is 1. The van der Waals surface area contributed by atoms with Crippen molar-refractivity contribution in [1.82, 2.24) is 4.98 Å². The summed E-state index contributed by atoms with van der Waals surface area (Å²) < 4.78 is 13.7. The minimum atomic E-state index is -0.543. The Hall–Kier alpha value is -1.35. The molecule has 3 rings (SSSR count). The maximum atomic E-state index is 13.7. The second-order valence-electron chi connectivity index (χ2n) is 4.15. The number of hydrogen-bond donors (Lipinski definition) is 1. The van der Waals surface area contributed by atoms with Crippen LogP contribution >= 0.6 is 11.6 Å². The van der Waals surface area contributed by atoms with E-state index in [0.29, 0.717) is 11.3 Å². The highest BCUT2D eigenvalue weighted by molar-refractivity contribution is 6.31. The first-order chi connectivity index (χ1) is 7.66. The number of fused-ring (bicyclic) bond motifs is 1. The molecule has 1 aromatic heterocycles. The van der Waals surface area contributed by atoms with Gasteiger partial charge < -0.3 is 4.98 Å². The topological polar surface area (TPSA) is 32.9 Å². The van der Waals surface area contributed by atoms with Gasteiger partial charge in [0.1, 0.15) is 0 Å². The van der Waals surface area contributed by atoms with Gasteiger partial charge in [-0.05, 0) is 30.9 Å². The molecule has 0 radical (unpaired) electrons. The van der Waals surface area contributed by atoms with Crippen molar-refractivity contribution < 1.29 is 4.39 Å². The van der Waals surface area contributed by atoms with E-state index in [9.17, 15) is 9.18 Å². The minimum absolute atomic E-state index is 0.0381. The van der Waals surface area contributed by atoms with Gasteiger partial charge in [-0.2, -0.15) is 0 Å². The fraction of sp³-hybridized carbons (Fsp3) is 0.250. The van der Waals surface area contributed by atoms with Crippen molar-refractivity contribution in [3.63, 3.8) is 0 Å². The average molecular weight is 238 g/mol. The molecule has 1 saturated carbocycles. The number of aromatic nitrogens is 1. The maximum Gasteiger partial charge on any atom is 0.189 e. The van der Waals surface area contributed by atoms with Gasteiger partial charge in [0.15, 0.2) is 11.2 Å². The molecule has 1 heterocycles. The SMILES string of the molecule is O=c1cc(C2CC2)[nH]c2c(F)c(Cl)ccc12. The van der Waals surface area contributed by atoms with Gasteiger partial charge in [0.2, 0.25) is 0 Å². The summed E-state index contributed by atoms with van der Waals surface area (Å²) in [4.78, 5) is 14.7. The van der Waals surface area contributed by atoms with Crippen molar-refractivity contribution in [1.29, 1.82) is 0 Å². The summed E-state index contributed by atoms with van der Waals surface area (Å²) >= 11 is 5.69. The van der Waals surface area contributed by atoms with Crippen LogP contribution in [-0.2, 0) is 0 Å². The first kappa shape index (κ1) is 9.85. The van der Waals surface area contributed by atoms with Gasteiger partial charge in [-0.1, -0.05) is 11.6 Å². The molecular formula is C12H9ClFNO. The van der Waals surface area contributed by atoms with Crippen LogP contribution in [0.3, 0.4) is 0 Å². The summed E-state index contributed by atoms with van der Waals surface area (Å²) in [6, 6.07) is 4.52. The van der Waals surface area contributed by atoms with Crippen molar-refractivity contribution in [3.05, 3.63) is 45.0 Å². The lowest BCUT2D eigenvalue weighted by Crippen LogP contribution is -2.05. The summed E-state index contributed by atoms with van der Waals surface area (Å²) in [6.07, 6.45) is 2.12. The molecule has 1 aromatic carbocycles. The molecule has 1 fully saturated rings. The third-order valence-corrected chi connectivity index (χ3v) is 3.23. The van der Waals surface area contributed by atoms with E-state index < -0.39 is 5.82 Å². The summed E-state index contributed by atoms with van der Waals surface area (Å²) in [5.74, 6) is -0.158. The van der Waals surface area contributed by atoms with Crippen LogP contribution in [0.5, 0.6) is 0 Å². The quantitative estimate of drug-likeness (QED) is 0.812. The van der Waals surface area contributed by atoms with Gasteiger partial charge >= 0.3 is 0 Å². The standard InChI is InChI=1S/C12H9ClFNO/c13-8-4-3-7-10(16)5-9(6-1-2-6)15-12(7)11(8)14/h3-6H,1-2H2,(H,15,16). The van der Waals surface area contributed by atoms with Gasteiger partial charge in [-0.15, -0.1) is 0 Å². The molecule has 0 unspecified atom stereocenters. The third-order valence-electron chi connectivity index (χ3n) is 2.93. The van der Waals surface area contributed by atoms with Gasteiger partial charge in [0.25, 0.3) is 0 Å². The van der Waals surface area contributed by atoms with Crippen molar-refractivity contribution >= 4 is 22.5 Å². The molecule has 2 aromatic rings. The largest absolute Gasteiger partial charge is 0.356 e. The fourth-order valence-electron chi connectivity index (χ4n) is 1.89. The first-order valence-corrected chi connectivity index (χ1v) is 5.55. The average Bonchev–Trinajstić information content (AvgIpc) is 3.07.